The highest BCUT2D eigenvalue weighted by atomic mass is 16.3. The summed E-state index contributed by atoms with van der Waals surface area (Å²) in [4.78, 5) is 4.71. The van der Waals surface area contributed by atoms with Crippen LogP contribution in [0.5, 0.6) is 0 Å². The normalized spacial score (nSPS) is 29.1. The maximum Gasteiger partial charge on any atom is 0.106 e. The number of nitrogens with zero attached hydrogens (tertiary/aromatic N) is 2. The summed E-state index contributed by atoms with van der Waals surface area (Å²) in [6.07, 6.45) is 9.16. The molecule has 2 atom stereocenters. The Morgan fingerprint density at radius 2 is 1.88 bits per heavy atom. The van der Waals surface area contributed by atoms with Crippen molar-refractivity contribution in [1.82, 2.24) is 9.55 Å². The molecule has 1 aromatic rings. The van der Waals surface area contributed by atoms with E-state index >= 15 is 0 Å². The minimum Gasteiger partial charge on any atom is -0.391 e. The van der Waals surface area contributed by atoms with E-state index in [0.717, 1.165) is 31.5 Å². The van der Waals surface area contributed by atoms with E-state index in [9.17, 15) is 5.11 Å². The first kappa shape index (κ1) is 11.3. The largest absolute Gasteiger partial charge is 0.391 e. The highest BCUT2D eigenvalue weighted by Crippen LogP contribution is 2.33. The van der Waals surface area contributed by atoms with Gasteiger partial charge in [0.25, 0.3) is 0 Å². The molecule has 3 heteroatoms. The molecule has 1 aromatic heterocycles. The Morgan fingerprint density at radius 1 is 1.12 bits per heavy atom. The molecule has 0 aliphatic heterocycles. The second-order valence-corrected chi connectivity index (χ2v) is 5.55. The van der Waals surface area contributed by atoms with Crippen LogP contribution in [-0.4, -0.2) is 20.8 Å². The summed E-state index contributed by atoms with van der Waals surface area (Å²) in [6, 6.07) is 0.290. The number of aliphatic hydroxyl groups excluding tert-OH is 1. The van der Waals surface area contributed by atoms with E-state index in [0.29, 0.717) is 0 Å². The summed E-state index contributed by atoms with van der Waals surface area (Å²) >= 11 is 0. The Balaban J connectivity index is 1.98. The van der Waals surface area contributed by atoms with Crippen LogP contribution in [0.15, 0.2) is 0 Å². The highest BCUT2D eigenvalue weighted by Gasteiger charge is 2.29. The molecule has 0 bridgehead atoms. The van der Waals surface area contributed by atoms with E-state index in [1.54, 1.807) is 0 Å². The van der Waals surface area contributed by atoms with Gasteiger partial charge in [-0.3, -0.25) is 0 Å². The van der Waals surface area contributed by atoms with Gasteiger partial charge in [-0.15, -0.1) is 0 Å². The first-order valence-corrected chi connectivity index (χ1v) is 7.02. The van der Waals surface area contributed by atoms with Crippen molar-refractivity contribution >= 4 is 0 Å². The Hall–Kier alpha value is -0.830. The molecule has 0 unspecified atom stereocenters. The number of aliphatic hydroxyl groups is 1. The Morgan fingerprint density at radius 3 is 2.71 bits per heavy atom. The predicted molar refractivity (Wildman–Crippen MR) is 67.1 cm³/mol. The number of aromatic nitrogens is 2. The number of hydrogen-bond acceptors (Lipinski definition) is 2. The van der Waals surface area contributed by atoms with Crippen molar-refractivity contribution in [3.8, 4) is 0 Å². The van der Waals surface area contributed by atoms with E-state index in [4.69, 9.17) is 4.98 Å². The summed E-state index contributed by atoms with van der Waals surface area (Å²) in [6.45, 7) is 2.10. The monoisotopic (exact) mass is 234 g/mol. The van der Waals surface area contributed by atoms with Gasteiger partial charge in [0.1, 0.15) is 5.82 Å². The van der Waals surface area contributed by atoms with Crippen LogP contribution in [0, 0.1) is 6.92 Å². The zero-order valence-corrected chi connectivity index (χ0v) is 10.7. The predicted octanol–water partition coefficient (Wildman–Crippen LogP) is 2.55. The third-order valence-corrected chi connectivity index (χ3v) is 4.37. The first-order valence-electron chi connectivity index (χ1n) is 7.02. The summed E-state index contributed by atoms with van der Waals surface area (Å²) in [5.74, 6) is 1.11. The van der Waals surface area contributed by atoms with Gasteiger partial charge in [0, 0.05) is 5.69 Å². The Kier molecular flexibility index (Phi) is 2.95. The topological polar surface area (TPSA) is 38.0 Å². The number of fused-ring (bicyclic) bond motifs is 1. The lowest BCUT2D eigenvalue weighted by Crippen LogP contribution is -2.29. The molecule has 1 heterocycles. The second-order valence-electron chi connectivity index (χ2n) is 5.55. The summed E-state index contributed by atoms with van der Waals surface area (Å²) in [5, 5.41) is 10.2. The van der Waals surface area contributed by atoms with Gasteiger partial charge >= 0.3 is 0 Å². The molecule has 0 radical (unpaired) electrons. The lowest BCUT2D eigenvalue weighted by atomic mass is 9.91. The third kappa shape index (κ3) is 1.90. The minimum absolute atomic E-state index is 0.164. The molecular weight excluding hydrogens is 212 g/mol. The molecule has 1 N–H and O–H groups in total. The van der Waals surface area contributed by atoms with Crippen LogP contribution in [0.4, 0.5) is 0 Å². The van der Waals surface area contributed by atoms with Gasteiger partial charge < -0.3 is 9.67 Å². The standard InChI is InChI=1S/C14H22N2O/c1-10-15-11-6-2-3-7-12(11)16(10)13-8-4-5-9-14(13)17/h13-14,17H,2-9H2,1H3/t13-,14-/m0/s1. The van der Waals surface area contributed by atoms with Gasteiger partial charge in [0.15, 0.2) is 0 Å². The van der Waals surface area contributed by atoms with Gasteiger partial charge in [-0.25, -0.2) is 4.98 Å². The molecule has 17 heavy (non-hydrogen) atoms. The van der Waals surface area contributed by atoms with E-state index in [1.807, 2.05) is 0 Å². The molecule has 2 aliphatic carbocycles. The molecule has 1 saturated carbocycles. The van der Waals surface area contributed by atoms with Crippen molar-refractivity contribution < 1.29 is 5.11 Å². The van der Waals surface area contributed by atoms with Gasteiger partial charge in [0.2, 0.25) is 0 Å². The number of aryl methyl sites for hydroxylation is 2. The van der Waals surface area contributed by atoms with Gasteiger partial charge in [0.05, 0.1) is 17.8 Å². The van der Waals surface area contributed by atoms with E-state index < -0.39 is 0 Å². The van der Waals surface area contributed by atoms with E-state index in [2.05, 4.69) is 11.5 Å². The maximum atomic E-state index is 10.2. The molecule has 3 rings (SSSR count). The third-order valence-electron chi connectivity index (χ3n) is 4.37. The molecule has 94 valence electrons. The van der Waals surface area contributed by atoms with Crippen LogP contribution >= 0.6 is 0 Å². The fourth-order valence-electron chi connectivity index (χ4n) is 3.53. The number of rotatable bonds is 1. The summed E-state index contributed by atoms with van der Waals surface area (Å²) in [7, 11) is 0. The van der Waals surface area contributed by atoms with Gasteiger partial charge in [-0.1, -0.05) is 12.8 Å². The van der Waals surface area contributed by atoms with Crippen molar-refractivity contribution in [3.63, 3.8) is 0 Å². The fourth-order valence-corrected chi connectivity index (χ4v) is 3.53. The van der Waals surface area contributed by atoms with Crippen molar-refractivity contribution in [2.45, 2.75) is 70.4 Å². The van der Waals surface area contributed by atoms with Crippen LogP contribution in [0.3, 0.4) is 0 Å². The molecule has 1 fully saturated rings. The van der Waals surface area contributed by atoms with Crippen LogP contribution in [0.1, 0.15) is 61.8 Å². The zero-order chi connectivity index (χ0) is 11.8. The van der Waals surface area contributed by atoms with Crippen LogP contribution < -0.4 is 0 Å². The lowest BCUT2D eigenvalue weighted by molar-refractivity contribution is 0.0729. The summed E-state index contributed by atoms with van der Waals surface area (Å²) < 4.78 is 2.36. The first-order chi connectivity index (χ1) is 8.27. The van der Waals surface area contributed by atoms with Gasteiger partial charge in [-0.05, 0) is 45.4 Å². The smallest absolute Gasteiger partial charge is 0.106 e. The molecule has 2 aliphatic rings. The number of hydrogen-bond donors (Lipinski definition) is 1. The van der Waals surface area contributed by atoms with Gasteiger partial charge in [-0.2, -0.15) is 0 Å². The van der Waals surface area contributed by atoms with Crippen LogP contribution in [0.2, 0.25) is 0 Å². The van der Waals surface area contributed by atoms with E-state index in [1.165, 1.54) is 37.1 Å². The quantitative estimate of drug-likeness (QED) is 0.811. The molecule has 0 aromatic carbocycles. The molecular formula is C14H22N2O. The average molecular weight is 234 g/mol. The molecule has 3 nitrogen and oxygen atoms in total. The maximum absolute atomic E-state index is 10.2. The molecule has 0 amide bonds. The number of imidazole rings is 1. The SMILES string of the molecule is Cc1nc2c(n1[C@H]1CCCC[C@@H]1O)CCCC2. The van der Waals surface area contributed by atoms with Crippen molar-refractivity contribution in [3.05, 3.63) is 17.2 Å². The average Bonchev–Trinajstić information content (AvgIpc) is 2.66. The second kappa shape index (κ2) is 4.45. The zero-order valence-electron chi connectivity index (χ0n) is 10.7. The van der Waals surface area contributed by atoms with E-state index in [-0.39, 0.29) is 12.1 Å². The lowest BCUT2D eigenvalue weighted by Gasteiger charge is -2.31. The Bertz CT molecular complexity index is 411. The van der Waals surface area contributed by atoms with Crippen molar-refractivity contribution in [2.75, 3.05) is 0 Å². The van der Waals surface area contributed by atoms with Crippen molar-refractivity contribution in [2.24, 2.45) is 0 Å². The molecule has 0 spiro atoms. The molecule has 0 saturated heterocycles. The van der Waals surface area contributed by atoms with Crippen molar-refractivity contribution in [1.29, 1.82) is 0 Å². The summed E-state index contributed by atoms with van der Waals surface area (Å²) in [5.41, 5.74) is 2.71. The Labute approximate surface area is 103 Å². The van der Waals surface area contributed by atoms with Crippen LogP contribution in [0.25, 0.3) is 0 Å². The highest BCUT2D eigenvalue weighted by molar-refractivity contribution is 5.21. The fraction of sp³-hybridized carbons (Fsp3) is 0.786. The van der Waals surface area contributed by atoms with Crippen LogP contribution in [-0.2, 0) is 12.8 Å². The minimum atomic E-state index is -0.164.